The van der Waals surface area contributed by atoms with E-state index < -0.39 is 0 Å². The zero-order chi connectivity index (χ0) is 14.2. The summed E-state index contributed by atoms with van der Waals surface area (Å²) < 4.78 is 6.62. The van der Waals surface area contributed by atoms with Crippen LogP contribution >= 0.6 is 0 Å². The average molecular weight is 273 g/mol. The first-order valence-electron chi connectivity index (χ1n) is 8.03. The molecule has 2 nitrogen and oxygen atoms in total. The summed E-state index contributed by atoms with van der Waals surface area (Å²) >= 11 is 0. The number of rotatable bonds is 1. The van der Waals surface area contributed by atoms with Crippen LogP contribution in [0.15, 0.2) is 18.2 Å². The van der Waals surface area contributed by atoms with E-state index in [9.17, 15) is 0 Å². The molecule has 2 fully saturated rings. The second-order valence-electron chi connectivity index (χ2n) is 7.04. The van der Waals surface area contributed by atoms with Crippen molar-refractivity contribution in [2.75, 3.05) is 13.1 Å². The molecule has 1 saturated carbocycles. The van der Waals surface area contributed by atoms with E-state index in [0.29, 0.717) is 0 Å². The third-order valence-corrected chi connectivity index (χ3v) is 4.83. The standard InChI is InChI=1S/C18H27NO/c1-13-5-4-6-18(10-13)12-19-11-17(20-18)16-8-14(2)7-15(3)9-16/h7-9,13,17,19H,4-6,10-12H2,1-3H3. The van der Waals surface area contributed by atoms with Crippen molar-refractivity contribution in [3.8, 4) is 0 Å². The molecule has 1 aromatic carbocycles. The van der Waals surface area contributed by atoms with Crippen molar-refractivity contribution < 1.29 is 4.74 Å². The summed E-state index contributed by atoms with van der Waals surface area (Å²) in [5.74, 6) is 0.795. The summed E-state index contributed by atoms with van der Waals surface area (Å²) in [7, 11) is 0. The quantitative estimate of drug-likeness (QED) is 0.837. The van der Waals surface area contributed by atoms with Crippen molar-refractivity contribution in [3.63, 3.8) is 0 Å². The highest BCUT2D eigenvalue weighted by atomic mass is 16.5. The number of aryl methyl sites for hydroxylation is 2. The number of benzene rings is 1. The number of hydrogen-bond acceptors (Lipinski definition) is 2. The molecule has 1 aliphatic carbocycles. The van der Waals surface area contributed by atoms with Gasteiger partial charge in [-0.1, -0.05) is 49.1 Å². The molecule has 1 saturated heterocycles. The van der Waals surface area contributed by atoms with Gasteiger partial charge in [0.2, 0.25) is 0 Å². The van der Waals surface area contributed by atoms with Gasteiger partial charge in [0, 0.05) is 13.1 Å². The molecular formula is C18H27NO. The van der Waals surface area contributed by atoms with Crippen LogP contribution in [0.4, 0.5) is 0 Å². The SMILES string of the molecule is Cc1cc(C)cc(C2CNCC3(CCCC(C)C3)O2)c1. The monoisotopic (exact) mass is 273 g/mol. The van der Waals surface area contributed by atoms with Crippen molar-refractivity contribution >= 4 is 0 Å². The Labute approximate surface area is 122 Å². The maximum atomic E-state index is 6.62. The van der Waals surface area contributed by atoms with Gasteiger partial charge in [-0.25, -0.2) is 0 Å². The lowest BCUT2D eigenvalue weighted by molar-refractivity contribution is -0.143. The fourth-order valence-corrected chi connectivity index (χ4v) is 4.08. The first kappa shape index (κ1) is 14.1. The van der Waals surface area contributed by atoms with E-state index in [1.54, 1.807) is 0 Å². The van der Waals surface area contributed by atoms with Crippen molar-refractivity contribution in [2.45, 2.75) is 58.2 Å². The molecule has 1 N–H and O–H groups in total. The van der Waals surface area contributed by atoms with Crippen LogP contribution < -0.4 is 5.32 Å². The van der Waals surface area contributed by atoms with Crippen LogP contribution in [-0.4, -0.2) is 18.7 Å². The largest absolute Gasteiger partial charge is 0.364 e. The summed E-state index contributed by atoms with van der Waals surface area (Å²) in [4.78, 5) is 0. The normalized spacial score (nSPS) is 34.4. The third-order valence-electron chi connectivity index (χ3n) is 4.83. The molecule has 3 atom stereocenters. The van der Waals surface area contributed by atoms with Crippen LogP contribution in [0.1, 0.15) is 55.4 Å². The zero-order valence-electron chi connectivity index (χ0n) is 13.0. The predicted octanol–water partition coefficient (Wildman–Crippen LogP) is 3.91. The van der Waals surface area contributed by atoms with E-state index in [2.05, 4.69) is 44.3 Å². The van der Waals surface area contributed by atoms with Gasteiger partial charge in [0.15, 0.2) is 0 Å². The zero-order valence-corrected chi connectivity index (χ0v) is 13.0. The molecule has 3 rings (SSSR count). The van der Waals surface area contributed by atoms with Crippen LogP contribution in [0.3, 0.4) is 0 Å². The van der Waals surface area contributed by atoms with E-state index in [0.717, 1.165) is 19.0 Å². The fourth-order valence-electron chi connectivity index (χ4n) is 4.08. The minimum Gasteiger partial charge on any atom is -0.364 e. The highest BCUT2D eigenvalue weighted by Gasteiger charge is 2.40. The average Bonchev–Trinajstić information content (AvgIpc) is 2.37. The second kappa shape index (κ2) is 5.50. The molecule has 2 aliphatic rings. The molecule has 0 aromatic heterocycles. The van der Waals surface area contributed by atoms with Gasteiger partial charge in [-0.15, -0.1) is 0 Å². The highest BCUT2D eigenvalue weighted by molar-refractivity contribution is 5.30. The van der Waals surface area contributed by atoms with Crippen molar-refractivity contribution in [1.29, 1.82) is 0 Å². The van der Waals surface area contributed by atoms with Crippen LogP contribution in [0.25, 0.3) is 0 Å². The molecule has 1 aromatic rings. The number of ether oxygens (including phenoxy) is 1. The van der Waals surface area contributed by atoms with Gasteiger partial charge < -0.3 is 10.1 Å². The van der Waals surface area contributed by atoms with Crippen LogP contribution in [-0.2, 0) is 4.74 Å². The molecule has 110 valence electrons. The molecule has 0 bridgehead atoms. The van der Waals surface area contributed by atoms with E-state index >= 15 is 0 Å². The van der Waals surface area contributed by atoms with Gasteiger partial charge in [0.05, 0.1) is 11.7 Å². The van der Waals surface area contributed by atoms with Crippen LogP contribution in [0.5, 0.6) is 0 Å². The van der Waals surface area contributed by atoms with Crippen molar-refractivity contribution in [3.05, 3.63) is 34.9 Å². The van der Waals surface area contributed by atoms with E-state index in [1.165, 1.54) is 42.4 Å². The topological polar surface area (TPSA) is 21.3 Å². The van der Waals surface area contributed by atoms with Crippen molar-refractivity contribution in [1.82, 2.24) is 5.32 Å². The molecule has 1 aliphatic heterocycles. The summed E-state index contributed by atoms with van der Waals surface area (Å²) in [6.45, 7) is 8.68. The van der Waals surface area contributed by atoms with E-state index in [1.807, 2.05) is 0 Å². The van der Waals surface area contributed by atoms with E-state index in [4.69, 9.17) is 4.74 Å². The summed E-state index contributed by atoms with van der Waals surface area (Å²) in [5, 5.41) is 3.63. The van der Waals surface area contributed by atoms with Crippen LogP contribution in [0.2, 0.25) is 0 Å². The van der Waals surface area contributed by atoms with Gasteiger partial charge >= 0.3 is 0 Å². The Bertz CT molecular complexity index is 460. The lowest BCUT2D eigenvalue weighted by atomic mass is 9.77. The predicted molar refractivity (Wildman–Crippen MR) is 83.0 cm³/mol. The molecule has 3 unspecified atom stereocenters. The minimum absolute atomic E-state index is 0.0816. The van der Waals surface area contributed by atoms with Gasteiger partial charge in [-0.2, -0.15) is 0 Å². The first-order chi connectivity index (χ1) is 9.56. The molecule has 0 amide bonds. The van der Waals surface area contributed by atoms with Gasteiger partial charge in [-0.3, -0.25) is 0 Å². The summed E-state index contributed by atoms with van der Waals surface area (Å²) in [6.07, 6.45) is 5.31. The Morgan fingerprint density at radius 1 is 1.20 bits per heavy atom. The number of nitrogens with one attached hydrogen (secondary N) is 1. The van der Waals surface area contributed by atoms with Gasteiger partial charge in [-0.05, 0) is 38.2 Å². The Morgan fingerprint density at radius 3 is 2.65 bits per heavy atom. The Hall–Kier alpha value is -0.860. The minimum atomic E-state index is 0.0816. The molecule has 0 radical (unpaired) electrons. The lowest BCUT2D eigenvalue weighted by Gasteiger charge is -2.46. The Balaban J connectivity index is 1.80. The smallest absolute Gasteiger partial charge is 0.0957 e. The second-order valence-corrected chi connectivity index (χ2v) is 7.04. The molecule has 20 heavy (non-hydrogen) atoms. The van der Waals surface area contributed by atoms with Crippen LogP contribution in [0, 0.1) is 19.8 Å². The Morgan fingerprint density at radius 2 is 1.95 bits per heavy atom. The van der Waals surface area contributed by atoms with Gasteiger partial charge in [0.25, 0.3) is 0 Å². The molecule has 2 heteroatoms. The fraction of sp³-hybridized carbons (Fsp3) is 0.667. The van der Waals surface area contributed by atoms with Gasteiger partial charge in [0.1, 0.15) is 0 Å². The third kappa shape index (κ3) is 2.91. The summed E-state index contributed by atoms with van der Waals surface area (Å²) in [6, 6.07) is 6.80. The van der Waals surface area contributed by atoms with Crippen molar-refractivity contribution in [2.24, 2.45) is 5.92 Å². The molecule has 1 heterocycles. The number of hydrogen-bond donors (Lipinski definition) is 1. The highest BCUT2D eigenvalue weighted by Crippen LogP contribution is 2.40. The summed E-state index contributed by atoms with van der Waals surface area (Å²) in [5.41, 5.74) is 4.09. The Kier molecular flexibility index (Phi) is 3.87. The maximum Gasteiger partial charge on any atom is 0.0957 e. The molecule has 1 spiro atoms. The first-order valence-corrected chi connectivity index (χ1v) is 8.03. The molecular weight excluding hydrogens is 246 g/mol. The van der Waals surface area contributed by atoms with E-state index in [-0.39, 0.29) is 11.7 Å². The number of morpholine rings is 1. The maximum absolute atomic E-state index is 6.62. The lowest BCUT2D eigenvalue weighted by Crippen LogP contribution is -2.53.